The Hall–Kier alpha value is -0.980. The van der Waals surface area contributed by atoms with Crippen LogP contribution in [0.4, 0.5) is 0 Å². The van der Waals surface area contributed by atoms with Gasteiger partial charge in [-0.3, -0.25) is 0 Å². The Bertz CT molecular complexity index is 233. The topological polar surface area (TPSA) is 13.1 Å². The number of aryl methyl sites for hydroxylation is 1. The molecule has 1 rings (SSSR count). The van der Waals surface area contributed by atoms with Gasteiger partial charge >= 0.3 is 0 Å². The predicted molar refractivity (Wildman–Crippen MR) is 47.4 cm³/mol. The molecule has 0 atom stereocenters. The van der Waals surface area contributed by atoms with E-state index >= 15 is 0 Å². The van der Waals surface area contributed by atoms with E-state index in [1.165, 1.54) is 6.42 Å². The normalized spacial score (nSPS) is 11.1. The van der Waals surface area contributed by atoms with Gasteiger partial charge < -0.3 is 4.42 Å². The first-order chi connectivity index (χ1) is 5.33. The van der Waals surface area contributed by atoms with E-state index in [1.54, 1.807) is 0 Å². The molecule has 0 radical (unpaired) electrons. The molecular weight excluding hydrogens is 136 g/mol. The van der Waals surface area contributed by atoms with Crippen LogP contribution in [-0.4, -0.2) is 0 Å². The molecule has 0 saturated heterocycles. The predicted octanol–water partition coefficient (Wildman–Crippen LogP) is 3.40. The van der Waals surface area contributed by atoms with Crippen LogP contribution < -0.4 is 0 Å². The summed E-state index contributed by atoms with van der Waals surface area (Å²) in [7, 11) is 0. The van der Waals surface area contributed by atoms with Crippen LogP contribution in [0.5, 0.6) is 0 Å². The first-order valence-electron chi connectivity index (χ1n) is 4.06. The highest BCUT2D eigenvalue weighted by atomic mass is 16.3. The third-order valence-corrected chi connectivity index (χ3v) is 1.50. The summed E-state index contributed by atoms with van der Waals surface area (Å²) in [6.45, 7) is 4.12. The van der Waals surface area contributed by atoms with Crippen LogP contribution in [0.25, 0.3) is 6.08 Å². The quantitative estimate of drug-likeness (QED) is 0.643. The van der Waals surface area contributed by atoms with Crippen molar-refractivity contribution in [1.82, 2.24) is 0 Å². The molecule has 0 aliphatic carbocycles. The fourth-order valence-corrected chi connectivity index (χ4v) is 0.909. The van der Waals surface area contributed by atoms with Gasteiger partial charge in [-0.15, -0.1) is 0 Å². The molecule has 0 bridgehead atoms. The minimum atomic E-state index is 0.955. The van der Waals surface area contributed by atoms with Crippen LogP contribution in [0.3, 0.4) is 0 Å². The molecule has 1 heterocycles. The van der Waals surface area contributed by atoms with Gasteiger partial charge in [-0.05, 0) is 31.6 Å². The van der Waals surface area contributed by atoms with Crippen LogP contribution in [-0.2, 0) is 0 Å². The van der Waals surface area contributed by atoms with Crippen LogP contribution in [0.15, 0.2) is 22.6 Å². The van der Waals surface area contributed by atoms with E-state index in [0.717, 1.165) is 17.9 Å². The Morgan fingerprint density at radius 1 is 1.45 bits per heavy atom. The maximum absolute atomic E-state index is 5.34. The van der Waals surface area contributed by atoms with E-state index < -0.39 is 0 Å². The highest BCUT2D eigenvalue weighted by Crippen LogP contribution is 2.08. The number of furan rings is 1. The lowest BCUT2D eigenvalue weighted by atomic mass is 10.3. The van der Waals surface area contributed by atoms with Crippen LogP contribution in [0, 0.1) is 6.92 Å². The van der Waals surface area contributed by atoms with Crippen molar-refractivity contribution in [1.29, 1.82) is 0 Å². The average Bonchev–Trinajstić information content (AvgIpc) is 2.37. The minimum absolute atomic E-state index is 0.955. The molecule has 60 valence electrons. The van der Waals surface area contributed by atoms with Crippen LogP contribution in [0.2, 0.25) is 0 Å². The molecule has 0 aliphatic heterocycles. The van der Waals surface area contributed by atoms with Crippen molar-refractivity contribution >= 4 is 6.08 Å². The van der Waals surface area contributed by atoms with Gasteiger partial charge in [0, 0.05) is 0 Å². The van der Waals surface area contributed by atoms with Gasteiger partial charge in [-0.25, -0.2) is 0 Å². The first kappa shape index (κ1) is 8.12. The monoisotopic (exact) mass is 150 g/mol. The summed E-state index contributed by atoms with van der Waals surface area (Å²) >= 11 is 0. The van der Waals surface area contributed by atoms with E-state index in [0.29, 0.717) is 0 Å². The smallest absolute Gasteiger partial charge is 0.126 e. The van der Waals surface area contributed by atoms with Gasteiger partial charge in [0.05, 0.1) is 0 Å². The zero-order valence-corrected chi connectivity index (χ0v) is 7.13. The highest BCUT2D eigenvalue weighted by Gasteiger charge is 1.90. The van der Waals surface area contributed by atoms with Gasteiger partial charge in [-0.1, -0.05) is 19.4 Å². The molecule has 0 N–H and O–H groups in total. The van der Waals surface area contributed by atoms with E-state index in [-0.39, 0.29) is 0 Å². The van der Waals surface area contributed by atoms with Crippen molar-refractivity contribution in [2.75, 3.05) is 0 Å². The first-order valence-corrected chi connectivity index (χ1v) is 4.06. The van der Waals surface area contributed by atoms with E-state index in [1.807, 2.05) is 25.1 Å². The molecule has 0 aromatic carbocycles. The third kappa shape index (κ3) is 2.62. The maximum atomic E-state index is 5.34. The van der Waals surface area contributed by atoms with Gasteiger partial charge in [-0.2, -0.15) is 0 Å². The lowest BCUT2D eigenvalue weighted by Crippen LogP contribution is -1.62. The van der Waals surface area contributed by atoms with Gasteiger partial charge in [0.1, 0.15) is 11.5 Å². The molecule has 11 heavy (non-hydrogen) atoms. The van der Waals surface area contributed by atoms with E-state index in [9.17, 15) is 0 Å². The fourth-order valence-electron chi connectivity index (χ4n) is 0.909. The summed E-state index contributed by atoms with van der Waals surface area (Å²) < 4.78 is 5.34. The van der Waals surface area contributed by atoms with Crippen molar-refractivity contribution in [3.05, 3.63) is 29.7 Å². The highest BCUT2D eigenvalue weighted by molar-refractivity contribution is 5.42. The molecule has 0 saturated carbocycles. The molecule has 1 heteroatoms. The number of unbranched alkanes of at least 4 members (excludes halogenated alkanes) is 1. The Morgan fingerprint density at radius 3 is 2.82 bits per heavy atom. The number of rotatable bonds is 3. The Kier molecular flexibility index (Phi) is 2.96. The molecule has 0 unspecified atom stereocenters. The summed E-state index contributed by atoms with van der Waals surface area (Å²) in [5.74, 6) is 1.93. The lowest BCUT2D eigenvalue weighted by molar-refractivity contribution is 0.525. The van der Waals surface area contributed by atoms with E-state index in [2.05, 4.69) is 13.0 Å². The minimum Gasteiger partial charge on any atom is -0.462 e. The van der Waals surface area contributed by atoms with Gasteiger partial charge in [0.15, 0.2) is 0 Å². The second kappa shape index (κ2) is 4.02. The van der Waals surface area contributed by atoms with Crippen LogP contribution >= 0.6 is 0 Å². The number of hydrogen-bond acceptors (Lipinski definition) is 1. The van der Waals surface area contributed by atoms with Gasteiger partial charge in [0.2, 0.25) is 0 Å². The molecule has 1 nitrogen and oxygen atoms in total. The summed E-state index contributed by atoms with van der Waals surface area (Å²) in [6.07, 6.45) is 6.48. The fraction of sp³-hybridized carbons (Fsp3) is 0.400. The second-order valence-corrected chi connectivity index (χ2v) is 2.64. The Morgan fingerprint density at radius 2 is 2.27 bits per heavy atom. The SMILES string of the molecule is CCCC=Cc1ccc(C)o1. The van der Waals surface area contributed by atoms with Crippen molar-refractivity contribution < 1.29 is 4.42 Å². The third-order valence-electron chi connectivity index (χ3n) is 1.50. The van der Waals surface area contributed by atoms with Crippen molar-refractivity contribution in [3.63, 3.8) is 0 Å². The molecule has 1 aromatic heterocycles. The molecule has 0 aliphatic rings. The Labute approximate surface area is 67.7 Å². The van der Waals surface area contributed by atoms with E-state index in [4.69, 9.17) is 4.42 Å². The van der Waals surface area contributed by atoms with Crippen LogP contribution in [0.1, 0.15) is 31.3 Å². The average molecular weight is 150 g/mol. The lowest BCUT2D eigenvalue weighted by Gasteiger charge is -1.84. The summed E-state index contributed by atoms with van der Waals surface area (Å²) in [6, 6.07) is 3.97. The molecule has 1 aromatic rings. The zero-order chi connectivity index (χ0) is 8.10. The second-order valence-electron chi connectivity index (χ2n) is 2.64. The Balaban J connectivity index is 2.50. The summed E-state index contributed by atoms with van der Waals surface area (Å²) in [4.78, 5) is 0. The van der Waals surface area contributed by atoms with Crippen molar-refractivity contribution in [3.8, 4) is 0 Å². The molecule has 0 amide bonds. The zero-order valence-electron chi connectivity index (χ0n) is 7.13. The number of hydrogen-bond donors (Lipinski definition) is 0. The maximum Gasteiger partial charge on any atom is 0.126 e. The molecular formula is C10H14O. The van der Waals surface area contributed by atoms with Crippen molar-refractivity contribution in [2.45, 2.75) is 26.7 Å². The molecule has 0 spiro atoms. The largest absolute Gasteiger partial charge is 0.462 e. The molecule has 0 fully saturated rings. The standard InChI is InChI=1S/C10H14O/c1-3-4-5-6-10-8-7-9(2)11-10/h5-8H,3-4H2,1-2H3. The number of allylic oxidation sites excluding steroid dienone is 1. The summed E-state index contributed by atoms with van der Waals surface area (Å²) in [5.41, 5.74) is 0. The van der Waals surface area contributed by atoms with Gasteiger partial charge in [0.25, 0.3) is 0 Å². The van der Waals surface area contributed by atoms with Crippen molar-refractivity contribution in [2.24, 2.45) is 0 Å². The summed E-state index contributed by atoms with van der Waals surface area (Å²) in [5, 5.41) is 0.